The minimum Gasteiger partial charge on any atom is -0.398 e. The number of benzene rings is 1. The molecule has 1 heterocycles. The van der Waals surface area contributed by atoms with E-state index in [0.717, 1.165) is 23.8 Å². The third kappa shape index (κ3) is 3.14. The van der Waals surface area contributed by atoms with Crippen molar-refractivity contribution < 1.29 is 0 Å². The average Bonchev–Trinajstić information content (AvgIpc) is 3.16. The molecule has 4 heteroatoms. The highest BCUT2D eigenvalue weighted by Crippen LogP contribution is 2.30. The first-order valence-electron chi connectivity index (χ1n) is 6.71. The molecule has 2 aromatic rings. The number of thiazole rings is 1. The van der Waals surface area contributed by atoms with Gasteiger partial charge >= 0.3 is 0 Å². The Balaban J connectivity index is 1.73. The second kappa shape index (κ2) is 5.31. The summed E-state index contributed by atoms with van der Waals surface area (Å²) < 4.78 is 0. The first-order valence-corrected chi connectivity index (χ1v) is 7.59. The van der Waals surface area contributed by atoms with Crippen LogP contribution in [-0.2, 0) is 13.1 Å². The molecule has 0 saturated heterocycles. The zero-order valence-electron chi connectivity index (χ0n) is 11.2. The van der Waals surface area contributed by atoms with Crippen LogP contribution < -0.4 is 5.73 Å². The molecule has 0 atom stereocenters. The van der Waals surface area contributed by atoms with Crippen molar-refractivity contribution in [3.63, 3.8) is 0 Å². The fourth-order valence-electron chi connectivity index (χ4n) is 2.34. The summed E-state index contributed by atoms with van der Waals surface area (Å²) in [6, 6.07) is 8.86. The predicted octanol–water partition coefficient (Wildman–Crippen LogP) is 3.20. The van der Waals surface area contributed by atoms with Gasteiger partial charge in [0.05, 0.1) is 10.7 Å². The number of nitrogens with two attached hydrogens (primary N) is 1. The molecule has 1 fully saturated rings. The van der Waals surface area contributed by atoms with E-state index in [1.165, 1.54) is 24.1 Å². The fraction of sp³-hybridized carbons (Fsp3) is 0.400. The first-order chi connectivity index (χ1) is 9.22. The van der Waals surface area contributed by atoms with Crippen molar-refractivity contribution in [2.45, 2.75) is 38.9 Å². The van der Waals surface area contributed by atoms with Crippen molar-refractivity contribution in [2.75, 3.05) is 5.73 Å². The van der Waals surface area contributed by atoms with Gasteiger partial charge in [0, 0.05) is 30.2 Å². The molecule has 0 aliphatic heterocycles. The summed E-state index contributed by atoms with van der Waals surface area (Å²) in [5, 5.41) is 3.31. The Morgan fingerprint density at radius 2 is 2.11 bits per heavy atom. The molecule has 0 unspecified atom stereocenters. The van der Waals surface area contributed by atoms with Gasteiger partial charge in [-0.05, 0) is 31.4 Å². The van der Waals surface area contributed by atoms with Gasteiger partial charge in [-0.3, -0.25) is 4.90 Å². The van der Waals surface area contributed by atoms with Crippen molar-refractivity contribution in [3.05, 3.63) is 45.9 Å². The van der Waals surface area contributed by atoms with Gasteiger partial charge in [0.15, 0.2) is 0 Å². The minimum absolute atomic E-state index is 0.710. The number of hydrogen-bond donors (Lipinski definition) is 1. The predicted molar refractivity (Wildman–Crippen MR) is 80.0 cm³/mol. The maximum Gasteiger partial charge on any atom is 0.0897 e. The highest BCUT2D eigenvalue weighted by atomic mass is 32.1. The van der Waals surface area contributed by atoms with Crippen LogP contribution >= 0.6 is 11.3 Å². The zero-order chi connectivity index (χ0) is 13.2. The number of nitrogen functional groups attached to an aromatic ring is 1. The van der Waals surface area contributed by atoms with E-state index in [2.05, 4.69) is 34.3 Å². The van der Waals surface area contributed by atoms with E-state index in [9.17, 15) is 0 Å². The molecule has 2 N–H and O–H groups in total. The molecule has 1 aromatic carbocycles. The van der Waals surface area contributed by atoms with Gasteiger partial charge in [0.25, 0.3) is 0 Å². The summed E-state index contributed by atoms with van der Waals surface area (Å²) >= 11 is 1.73. The second-order valence-corrected chi connectivity index (χ2v) is 6.26. The monoisotopic (exact) mass is 273 g/mol. The van der Waals surface area contributed by atoms with E-state index in [1.807, 2.05) is 12.1 Å². The van der Waals surface area contributed by atoms with Crippen molar-refractivity contribution in [2.24, 2.45) is 0 Å². The molecule has 1 aliphatic carbocycles. The summed E-state index contributed by atoms with van der Waals surface area (Å²) in [5.41, 5.74) is 9.35. The number of aryl methyl sites for hydroxylation is 1. The Kier molecular flexibility index (Phi) is 3.53. The largest absolute Gasteiger partial charge is 0.398 e. The molecule has 0 bridgehead atoms. The van der Waals surface area contributed by atoms with Crippen molar-refractivity contribution in [3.8, 4) is 0 Å². The zero-order valence-corrected chi connectivity index (χ0v) is 12.0. The molecule has 0 radical (unpaired) electrons. The van der Waals surface area contributed by atoms with E-state index in [1.54, 1.807) is 11.3 Å². The molecule has 100 valence electrons. The second-order valence-electron chi connectivity index (χ2n) is 5.19. The van der Waals surface area contributed by atoms with Gasteiger partial charge in [0.1, 0.15) is 0 Å². The van der Waals surface area contributed by atoms with Gasteiger partial charge in [0.2, 0.25) is 0 Å². The molecule has 3 rings (SSSR count). The molecule has 0 spiro atoms. The third-order valence-electron chi connectivity index (χ3n) is 3.52. The average molecular weight is 273 g/mol. The van der Waals surface area contributed by atoms with Crippen LogP contribution in [-0.4, -0.2) is 15.9 Å². The van der Waals surface area contributed by atoms with Gasteiger partial charge in [-0.1, -0.05) is 18.2 Å². The maximum atomic E-state index is 6.05. The summed E-state index contributed by atoms with van der Waals surface area (Å²) in [6.45, 7) is 3.92. The molecule has 19 heavy (non-hydrogen) atoms. The van der Waals surface area contributed by atoms with Crippen LogP contribution in [0.3, 0.4) is 0 Å². The van der Waals surface area contributed by atoms with Crippen LogP contribution in [0.25, 0.3) is 0 Å². The van der Waals surface area contributed by atoms with Crippen molar-refractivity contribution in [1.82, 2.24) is 9.88 Å². The lowest BCUT2D eigenvalue weighted by molar-refractivity contribution is 0.243. The summed E-state index contributed by atoms with van der Waals surface area (Å²) in [7, 11) is 0. The number of para-hydroxylation sites is 1. The van der Waals surface area contributed by atoms with Gasteiger partial charge < -0.3 is 5.73 Å². The Labute approximate surface area is 118 Å². The molecule has 1 aliphatic rings. The number of nitrogens with zero attached hydrogens (tertiary/aromatic N) is 2. The van der Waals surface area contributed by atoms with Crippen LogP contribution in [0, 0.1) is 6.92 Å². The Morgan fingerprint density at radius 3 is 2.74 bits per heavy atom. The van der Waals surface area contributed by atoms with Crippen molar-refractivity contribution >= 4 is 17.0 Å². The Hall–Kier alpha value is -1.39. The lowest BCUT2D eigenvalue weighted by Gasteiger charge is -2.21. The highest BCUT2D eigenvalue weighted by Gasteiger charge is 2.29. The van der Waals surface area contributed by atoms with Gasteiger partial charge in [-0.15, -0.1) is 11.3 Å². The highest BCUT2D eigenvalue weighted by molar-refractivity contribution is 7.09. The molecule has 1 aromatic heterocycles. The summed E-state index contributed by atoms with van der Waals surface area (Å²) in [4.78, 5) is 7.07. The first kappa shape index (κ1) is 12.6. The quantitative estimate of drug-likeness (QED) is 0.851. The smallest absolute Gasteiger partial charge is 0.0897 e. The van der Waals surface area contributed by atoms with Crippen LogP contribution in [0.15, 0.2) is 29.6 Å². The molecule has 3 nitrogen and oxygen atoms in total. The summed E-state index contributed by atoms with van der Waals surface area (Å²) in [6.07, 6.45) is 2.60. The number of rotatable bonds is 5. The van der Waals surface area contributed by atoms with E-state index < -0.39 is 0 Å². The molecular weight excluding hydrogens is 254 g/mol. The van der Waals surface area contributed by atoms with Gasteiger partial charge in [-0.2, -0.15) is 0 Å². The standard InChI is InChI=1S/C15H19N3S/c1-11-17-13(10-19-11)9-18(14-6-7-14)8-12-4-2-3-5-15(12)16/h2-5,10,14H,6-9,16H2,1H3. The Bertz CT molecular complexity index is 560. The lowest BCUT2D eigenvalue weighted by Crippen LogP contribution is -2.25. The SMILES string of the molecule is Cc1nc(CN(Cc2ccccc2N)C2CC2)cs1. The van der Waals surface area contributed by atoms with E-state index >= 15 is 0 Å². The van der Waals surface area contributed by atoms with Crippen LogP contribution in [0.4, 0.5) is 5.69 Å². The van der Waals surface area contributed by atoms with E-state index in [0.29, 0.717) is 6.04 Å². The van der Waals surface area contributed by atoms with E-state index in [4.69, 9.17) is 5.73 Å². The fourth-order valence-corrected chi connectivity index (χ4v) is 2.94. The molecule has 0 amide bonds. The van der Waals surface area contributed by atoms with Crippen molar-refractivity contribution in [1.29, 1.82) is 0 Å². The summed E-state index contributed by atoms with van der Waals surface area (Å²) in [5.74, 6) is 0. The minimum atomic E-state index is 0.710. The van der Waals surface area contributed by atoms with Gasteiger partial charge in [-0.25, -0.2) is 4.98 Å². The Morgan fingerprint density at radius 1 is 1.32 bits per heavy atom. The third-order valence-corrected chi connectivity index (χ3v) is 4.35. The van der Waals surface area contributed by atoms with Crippen LogP contribution in [0.1, 0.15) is 29.1 Å². The number of aromatic nitrogens is 1. The van der Waals surface area contributed by atoms with E-state index in [-0.39, 0.29) is 0 Å². The maximum absolute atomic E-state index is 6.05. The molecular formula is C15H19N3S. The number of anilines is 1. The lowest BCUT2D eigenvalue weighted by atomic mass is 10.1. The topological polar surface area (TPSA) is 42.2 Å². The van der Waals surface area contributed by atoms with Crippen LogP contribution in [0.2, 0.25) is 0 Å². The molecule has 1 saturated carbocycles. The normalized spacial score (nSPS) is 15.1. The number of hydrogen-bond acceptors (Lipinski definition) is 4. The van der Waals surface area contributed by atoms with Crippen LogP contribution in [0.5, 0.6) is 0 Å².